The summed E-state index contributed by atoms with van der Waals surface area (Å²) in [6.45, 7) is 1.85. The first-order valence-electron chi connectivity index (χ1n) is 8.20. The van der Waals surface area contributed by atoms with Gasteiger partial charge in [-0.1, -0.05) is 11.6 Å². The molecule has 1 saturated carbocycles. The summed E-state index contributed by atoms with van der Waals surface area (Å²) in [6.07, 6.45) is 6.86. The third kappa shape index (κ3) is 5.00. The molecule has 0 spiro atoms. The summed E-state index contributed by atoms with van der Waals surface area (Å²) in [5.41, 5.74) is 0.546. The molecule has 1 aromatic rings. The van der Waals surface area contributed by atoms with Crippen LogP contribution in [0.15, 0.2) is 18.2 Å². The van der Waals surface area contributed by atoms with Crippen LogP contribution in [0, 0.1) is 0 Å². The van der Waals surface area contributed by atoms with Crippen LogP contribution in [0.3, 0.4) is 0 Å². The number of hydrogen-bond acceptors (Lipinski definition) is 3. The number of carbonyl (C=O) groups excluding carboxylic acids is 1. The number of benzene rings is 1. The molecular weight excluding hydrogens is 335 g/mol. The highest BCUT2D eigenvalue weighted by atomic mass is 35.5. The summed E-state index contributed by atoms with van der Waals surface area (Å²) >= 11 is 6.07. The van der Waals surface area contributed by atoms with Crippen LogP contribution in [0.25, 0.3) is 0 Å². The van der Waals surface area contributed by atoms with E-state index >= 15 is 0 Å². The fraction of sp³-hybridized carbons (Fsp3) is 0.588. The van der Waals surface area contributed by atoms with E-state index in [0.29, 0.717) is 16.3 Å². The first-order chi connectivity index (χ1) is 10.7. The number of rotatable bonds is 4. The predicted octanol–water partition coefficient (Wildman–Crippen LogP) is 3.57. The van der Waals surface area contributed by atoms with Crippen LogP contribution < -0.4 is 15.4 Å². The van der Waals surface area contributed by atoms with E-state index in [0.717, 1.165) is 38.8 Å². The molecule has 2 N–H and O–H groups in total. The molecule has 23 heavy (non-hydrogen) atoms. The molecule has 2 aliphatic rings. The summed E-state index contributed by atoms with van der Waals surface area (Å²) in [5, 5.41) is 6.95. The third-order valence-corrected chi connectivity index (χ3v) is 4.65. The Morgan fingerprint density at radius 1 is 1.22 bits per heavy atom. The SMILES string of the molecule is Cl.O=C(NC1CCCNC1)c1cc(Cl)ccc1OC1CCCC1. The number of hydrogen-bond donors (Lipinski definition) is 2. The van der Waals surface area contributed by atoms with Gasteiger partial charge in [-0.15, -0.1) is 12.4 Å². The van der Waals surface area contributed by atoms with E-state index in [1.54, 1.807) is 12.1 Å². The first-order valence-corrected chi connectivity index (χ1v) is 8.58. The number of halogens is 2. The molecule has 0 radical (unpaired) electrons. The van der Waals surface area contributed by atoms with Crippen molar-refractivity contribution in [3.05, 3.63) is 28.8 Å². The Balaban J connectivity index is 0.00000192. The zero-order valence-corrected chi connectivity index (χ0v) is 14.7. The lowest BCUT2D eigenvalue weighted by molar-refractivity contribution is 0.0923. The molecule has 1 atom stereocenters. The van der Waals surface area contributed by atoms with Crippen molar-refractivity contribution >= 4 is 29.9 Å². The molecule has 1 aliphatic carbocycles. The maximum Gasteiger partial charge on any atom is 0.255 e. The number of nitrogens with one attached hydrogen (secondary N) is 2. The molecule has 1 unspecified atom stereocenters. The van der Waals surface area contributed by atoms with Gasteiger partial charge in [0.1, 0.15) is 5.75 Å². The summed E-state index contributed by atoms with van der Waals surface area (Å²) in [6, 6.07) is 5.48. The normalized spacial score (nSPS) is 21.5. The van der Waals surface area contributed by atoms with Gasteiger partial charge in [-0.2, -0.15) is 0 Å². The number of carbonyl (C=O) groups is 1. The van der Waals surface area contributed by atoms with Crippen LogP contribution in [0.4, 0.5) is 0 Å². The Bertz CT molecular complexity index is 527. The summed E-state index contributed by atoms with van der Waals surface area (Å²) < 4.78 is 6.04. The molecule has 2 fully saturated rings. The standard InChI is InChI=1S/C17H23ClN2O2.ClH/c18-12-7-8-16(22-14-5-1-2-6-14)15(10-12)17(21)20-13-4-3-9-19-11-13;/h7-8,10,13-14,19H,1-6,9,11H2,(H,20,21);1H. The smallest absolute Gasteiger partial charge is 0.255 e. The lowest BCUT2D eigenvalue weighted by Gasteiger charge is -2.24. The highest BCUT2D eigenvalue weighted by molar-refractivity contribution is 6.31. The minimum absolute atomic E-state index is 0. The van der Waals surface area contributed by atoms with Gasteiger partial charge in [-0.05, 0) is 63.3 Å². The maximum absolute atomic E-state index is 12.6. The molecule has 0 bridgehead atoms. The second kappa shape index (κ2) is 8.76. The van der Waals surface area contributed by atoms with Gasteiger partial charge in [-0.25, -0.2) is 0 Å². The molecule has 1 aromatic carbocycles. The van der Waals surface area contributed by atoms with E-state index in [1.807, 2.05) is 6.07 Å². The summed E-state index contributed by atoms with van der Waals surface area (Å²) in [7, 11) is 0. The highest BCUT2D eigenvalue weighted by Crippen LogP contribution is 2.28. The van der Waals surface area contributed by atoms with Crippen LogP contribution in [-0.2, 0) is 0 Å². The van der Waals surface area contributed by atoms with Crippen molar-refractivity contribution < 1.29 is 9.53 Å². The number of ether oxygens (including phenoxy) is 1. The van der Waals surface area contributed by atoms with E-state index < -0.39 is 0 Å². The highest BCUT2D eigenvalue weighted by Gasteiger charge is 2.22. The summed E-state index contributed by atoms with van der Waals surface area (Å²) in [4.78, 5) is 12.6. The molecule has 1 amide bonds. The fourth-order valence-corrected chi connectivity index (χ4v) is 3.38. The first kappa shape index (κ1) is 18.4. The van der Waals surface area contributed by atoms with E-state index in [9.17, 15) is 4.79 Å². The topological polar surface area (TPSA) is 50.4 Å². The largest absolute Gasteiger partial charge is 0.490 e. The number of piperidine rings is 1. The average molecular weight is 359 g/mol. The van der Waals surface area contributed by atoms with Crippen molar-refractivity contribution in [3.63, 3.8) is 0 Å². The van der Waals surface area contributed by atoms with E-state index in [1.165, 1.54) is 12.8 Å². The lowest BCUT2D eigenvalue weighted by Crippen LogP contribution is -2.45. The Kier molecular flexibility index (Phi) is 7.00. The van der Waals surface area contributed by atoms with Crippen LogP contribution in [0.5, 0.6) is 5.75 Å². The molecule has 1 saturated heterocycles. The van der Waals surface area contributed by atoms with E-state index in [-0.39, 0.29) is 30.5 Å². The van der Waals surface area contributed by atoms with Crippen LogP contribution in [0.1, 0.15) is 48.9 Å². The van der Waals surface area contributed by atoms with Crippen LogP contribution in [0.2, 0.25) is 5.02 Å². The molecule has 3 rings (SSSR count). The molecule has 1 aliphatic heterocycles. The van der Waals surface area contributed by atoms with Gasteiger partial charge in [-0.3, -0.25) is 4.79 Å². The minimum atomic E-state index is -0.0933. The van der Waals surface area contributed by atoms with Crippen LogP contribution >= 0.6 is 24.0 Å². The predicted molar refractivity (Wildman–Crippen MR) is 94.9 cm³/mol. The van der Waals surface area contributed by atoms with E-state index in [4.69, 9.17) is 16.3 Å². The molecule has 0 aromatic heterocycles. The molecule has 6 heteroatoms. The van der Waals surface area contributed by atoms with Gasteiger partial charge in [0.05, 0.1) is 11.7 Å². The third-order valence-electron chi connectivity index (χ3n) is 4.41. The molecule has 4 nitrogen and oxygen atoms in total. The van der Waals surface area contributed by atoms with Gasteiger partial charge in [0.2, 0.25) is 0 Å². The zero-order valence-electron chi connectivity index (χ0n) is 13.1. The lowest BCUT2D eigenvalue weighted by atomic mass is 10.1. The van der Waals surface area contributed by atoms with Gasteiger partial charge >= 0.3 is 0 Å². The molecular formula is C17H24Cl2N2O2. The summed E-state index contributed by atoms with van der Waals surface area (Å²) in [5.74, 6) is 0.557. The molecule has 128 valence electrons. The van der Waals surface area contributed by atoms with Crippen molar-refractivity contribution in [2.24, 2.45) is 0 Å². The van der Waals surface area contributed by atoms with Gasteiger partial charge in [0.15, 0.2) is 0 Å². The van der Waals surface area contributed by atoms with Gasteiger partial charge in [0, 0.05) is 17.6 Å². The van der Waals surface area contributed by atoms with Crippen LogP contribution in [-0.4, -0.2) is 31.1 Å². The van der Waals surface area contributed by atoms with Crippen molar-refractivity contribution in [1.82, 2.24) is 10.6 Å². The Labute approximate surface area is 148 Å². The Morgan fingerprint density at radius 3 is 2.70 bits per heavy atom. The Morgan fingerprint density at radius 2 is 2.00 bits per heavy atom. The van der Waals surface area contributed by atoms with Crippen molar-refractivity contribution in [2.75, 3.05) is 13.1 Å². The van der Waals surface area contributed by atoms with Gasteiger partial charge < -0.3 is 15.4 Å². The van der Waals surface area contributed by atoms with Crippen molar-refractivity contribution in [1.29, 1.82) is 0 Å². The molecule has 1 heterocycles. The average Bonchev–Trinajstić information content (AvgIpc) is 3.03. The Hall–Kier alpha value is -0.970. The zero-order chi connectivity index (χ0) is 15.4. The van der Waals surface area contributed by atoms with E-state index in [2.05, 4.69) is 10.6 Å². The van der Waals surface area contributed by atoms with Gasteiger partial charge in [0.25, 0.3) is 5.91 Å². The van der Waals surface area contributed by atoms with Crippen molar-refractivity contribution in [2.45, 2.75) is 50.7 Å². The monoisotopic (exact) mass is 358 g/mol. The quantitative estimate of drug-likeness (QED) is 0.864. The fourth-order valence-electron chi connectivity index (χ4n) is 3.21. The second-order valence-corrected chi connectivity index (χ2v) is 6.62. The number of amides is 1. The maximum atomic E-state index is 12.6. The minimum Gasteiger partial charge on any atom is -0.490 e. The van der Waals surface area contributed by atoms with Crippen molar-refractivity contribution in [3.8, 4) is 5.75 Å². The second-order valence-electron chi connectivity index (χ2n) is 6.18.